The first kappa shape index (κ1) is 9.80. The maximum Gasteiger partial charge on any atom is 0.118 e. The molecule has 0 aliphatic heterocycles. The molecule has 0 bridgehead atoms. The van der Waals surface area contributed by atoms with E-state index >= 15 is 0 Å². The van der Waals surface area contributed by atoms with Crippen LogP contribution in [0.2, 0.25) is 0 Å². The van der Waals surface area contributed by atoms with Crippen molar-refractivity contribution in [2.24, 2.45) is 0 Å². The van der Waals surface area contributed by atoms with E-state index in [1.165, 1.54) is 0 Å². The summed E-state index contributed by atoms with van der Waals surface area (Å²) in [5.74, 6) is 0.847. The predicted octanol–water partition coefficient (Wildman–Crippen LogP) is 2.16. The van der Waals surface area contributed by atoms with Gasteiger partial charge in [0.05, 0.1) is 17.6 Å². The molecule has 1 atom stereocenters. The van der Waals surface area contributed by atoms with Gasteiger partial charge >= 0.3 is 0 Å². The summed E-state index contributed by atoms with van der Waals surface area (Å²) in [4.78, 5) is 0. The van der Waals surface area contributed by atoms with Crippen LogP contribution in [0.5, 0.6) is 5.75 Å². The monoisotopic (exact) mass is 278 g/mol. The Kier molecular flexibility index (Phi) is 3.81. The second-order valence-electron chi connectivity index (χ2n) is 2.42. The van der Waals surface area contributed by atoms with Crippen molar-refractivity contribution in [2.75, 3.05) is 13.7 Å². The summed E-state index contributed by atoms with van der Waals surface area (Å²) in [6, 6.07) is 7.73. The minimum atomic E-state index is 0.174. The van der Waals surface area contributed by atoms with Crippen molar-refractivity contribution >= 4 is 22.6 Å². The van der Waals surface area contributed by atoms with E-state index in [0.29, 0.717) is 0 Å². The minimum absolute atomic E-state index is 0.174. The fourth-order valence-corrected chi connectivity index (χ4v) is 1.33. The van der Waals surface area contributed by atoms with Crippen molar-refractivity contribution in [3.63, 3.8) is 0 Å². The second kappa shape index (κ2) is 4.67. The van der Waals surface area contributed by atoms with Gasteiger partial charge in [0.25, 0.3) is 0 Å². The van der Waals surface area contributed by atoms with E-state index in [1.807, 2.05) is 24.3 Å². The maximum atomic E-state index is 8.88. The van der Waals surface area contributed by atoms with E-state index in [-0.39, 0.29) is 10.5 Å². The smallest absolute Gasteiger partial charge is 0.118 e. The minimum Gasteiger partial charge on any atom is -0.497 e. The van der Waals surface area contributed by atoms with Gasteiger partial charge in [-0.15, -0.1) is 0 Å². The Hall–Kier alpha value is -0.290. The third-order valence-electron chi connectivity index (χ3n) is 1.64. The maximum absolute atomic E-state index is 8.88. The Balaban J connectivity index is 2.77. The Morgan fingerprint density at radius 2 is 2.00 bits per heavy atom. The van der Waals surface area contributed by atoms with Crippen molar-refractivity contribution in [3.8, 4) is 5.75 Å². The Morgan fingerprint density at radius 1 is 1.42 bits per heavy atom. The van der Waals surface area contributed by atoms with Crippen LogP contribution in [0.3, 0.4) is 0 Å². The average molecular weight is 278 g/mol. The van der Waals surface area contributed by atoms with E-state index < -0.39 is 0 Å². The molecule has 0 saturated carbocycles. The number of ether oxygens (including phenoxy) is 1. The lowest BCUT2D eigenvalue weighted by Gasteiger charge is -2.06. The van der Waals surface area contributed by atoms with Gasteiger partial charge in [0, 0.05) is 0 Å². The first-order valence-corrected chi connectivity index (χ1v) is 4.91. The van der Waals surface area contributed by atoms with E-state index in [1.54, 1.807) is 7.11 Å². The van der Waals surface area contributed by atoms with Crippen molar-refractivity contribution in [2.45, 2.75) is 3.92 Å². The van der Waals surface area contributed by atoms with Crippen LogP contribution in [0.1, 0.15) is 9.49 Å². The number of benzene rings is 1. The molecule has 1 unspecified atom stereocenters. The van der Waals surface area contributed by atoms with Crippen LogP contribution < -0.4 is 4.74 Å². The zero-order valence-electron chi connectivity index (χ0n) is 6.83. The third-order valence-corrected chi connectivity index (χ3v) is 2.75. The SMILES string of the molecule is COc1ccc(C(I)CO)cc1. The van der Waals surface area contributed by atoms with Crippen LogP contribution in [0.25, 0.3) is 0 Å². The summed E-state index contributed by atoms with van der Waals surface area (Å²) >= 11 is 2.20. The molecule has 3 heteroatoms. The van der Waals surface area contributed by atoms with E-state index in [9.17, 15) is 0 Å². The Labute approximate surface area is 85.7 Å². The highest BCUT2D eigenvalue weighted by Gasteiger charge is 2.04. The number of aliphatic hydroxyl groups is 1. The quantitative estimate of drug-likeness (QED) is 0.678. The average Bonchev–Trinajstić information content (AvgIpc) is 2.17. The molecule has 0 aromatic heterocycles. The normalized spacial score (nSPS) is 12.6. The van der Waals surface area contributed by atoms with Crippen molar-refractivity contribution in [1.82, 2.24) is 0 Å². The molecule has 0 spiro atoms. The molecule has 12 heavy (non-hydrogen) atoms. The summed E-state index contributed by atoms with van der Waals surface area (Å²) in [6.45, 7) is 0.174. The van der Waals surface area contributed by atoms with Crippen molar-refractivity contribution in [1.29, 1.82) is 0 Å². The third kappa shape index (κ3) is 2.35. The molecular formula is C9H11IO2. The van der Waals surface area contributed by atoms with Gasteiger partial charge in [0.2, 0.25) is 0 Å². The van der Waals surface area contributed by atoms with Gasteiger partial charge in [-0.25, -0.2) is 0 Å². The number of hydrogen-bond donors (Lipinski definition) is 1. The molecule has 0 amide bonds. The molecule has 0 radical (unpaired) electrons. The first-order chi connectivity index (χ1) is 5.77. The number of hydrogen-bond acceptors (Lipinski definition) is 2. The molecule has 0 heterocycles. The molecule has 1 N–H and O–H groups in total. The van der Waals surface area contributed by atoms with E-state index in [0.717, 1.165) is 11.3 Å². The molecule has 66 valence electrons. The summed E-state index contributed by atoms with van der Waals surface area (Å²) in [5, 5.41) is 8.88. The summed E-state index contributed by atoms with van der Waals surface area (Å²) in [7, 11) is 1.64. The van der Waals surface area contributed by atoms with Crippen LogP contribution in [0.15, 0.2) is 24.3 Å². The second-order valence-corrected chi connectivity index (χ2v) is 3.93. The highest BCUT2D eigenvalue weighted by molar-refractivity contribution is 14.1. The lowest BCUT2D eigenvalue weighted by molar-refractivity contribution is 0.301. The Morgan fingerprint density at radius 3 is 2.42 bits per heavy atom. The van der Waals surface area contributed by atoms with Gasteiger partial charge in [-0.1, -0.05) is 34.7 Å². The summed E-state index contributed by atoms with van der Waals surface area (Å²) in [5.41, 5.74) is 1.12. The molecule has 2 nitrogen and oxygen atoms in total. The van der Waals surface area contributed by atoms with Crippen LogP contribution in [0, 0.1) is 0 Å². The summed E-state index contributed by atoms with van der Waals surface area (Å²) in [6.07, 6.45) is 0. The van der Waals surface area contributed by atoms with Crippen LogP contribution in [-0.4, -0.2) is 18.8 Å². The van der Waals surface area contributed by atoms with Crippen LogP contribution in [0.4, 0.5) is 0 Å². The summed E-state index contributed by atoms with van der Waals surface area (Å²) < 4.78 is 5.19. The zero-order valence-corrected chi connectivity index (χ0v) is 8.98. The molecule has 0 saturated heterocycles. The highest BCUT2D eigenvalue weighted by atomic mass is 127. The van der Waals surface area contributed by atoms with E-state index in [4.69, 9.17) is 9.84 Å². The van der Waals surface area contributed by atoms with Crippen LogP contribution >= 0.6 is 22.6 Å². The van der Waals surface area contributed by atoms with Crippen LogP contribution in [-0.2, 0) is 0 Å². The predicted molar refractivity (Wildman–Crippen MR) is 56.8 cm³/mol. The molecule has 0 fully saturated rings. The standard InChI is InChI=1S/C9H11IO2/c1-12-8-4-2-7(3-5-8)9(10)6-11/h2-5,9,11H,6H2,1H3. The van der Waals surface area contributed by atoms with Gasteiger partial charge in [-0.2, -0.15) is 0 Å². The molecule has 0 aliphatic rings. The number of halogens is 1. The number of methoxy groups -OCH3 is 1. The lowest BCUT2D eigenvalue weighted by atomic mass is 10.1. The van der Waals surface area contributed by atoms with Gasteiger partial charge in [0.15, 0.2) is 0 Å². The van der Waals surface area contributed by atoms with Crippen molar-refractivity contribution < 1.29 is 9.84 Å². The van der Waals surface area contributed by atoms with Gasteiger partial charge < -0.3 is 9.84 Å². The van der Waals surface area contributed by atoms with Gasteiger partial charge in [0.1, 0.15) is 5.75 Å². The topological polar surface area (TPSA) is 29.5 Å². The fourth-order valence-electron chi connectivity index (χ4n) is 0.918. The number of rotatable bonds is 3. The lowest BCUT2D eigenvalue weighted by Crippen LogP contribution is -1.94. The van der Waals surface area contributed by atoms with E-state index in [2.05, 4.69) is 22.6 Å². The first-order valence-electron chi connectivity index (χ1n) is 3.67. The zero-order chi connectivity index (χ0) is 8.97. The van der Waals surface area contributed by atoms with Gasteiger partial charge in [-0.05, 0) is 17.7 Å². The molecular weight excluding hydrogens is 267 g/mol. The fraction of sp³-hybridized carbons (Fsp3) is 0.333. The molecule has 1 aromatic rings. The van der Waals surface area contributed by atoms with Crippen molar-refractivity contribution in [3.05, 3.63) is 29.8 Å². The number of aliphatic hydroxyl groups excluding tert-OH is 1. The molecule has 1 aromatic carbocycles. The Bertz CT molecular complexity index is 233. The molecule has 1 rings (SSSR count). The van der Waals surface area contributed by atoms with Gasteiger partial charge in [-0.3, -0.25) is 0 Å². The highest BCUT2D eigenvalue weighted by Crippen LogP contribution is 2.24. The largest absolute Gasteiger partial charge is 0.497 e. The number of alkyl halides is 1. The molecule has 0 aliphatic carbocycles.